The second-order valence-corrected chi connectivity index (χ2v) is 4.70. The van der Waals surface area contributed by atoms with Gasteiger partial charge in [-0.1, -0.05) is 30.3 Å². The molecule has 0 saturated carbocycles. The molecule has 1 N–H and O–H groups in total. The first kappa shape index (κ1) is 12.1. The number of likely N-dealkylation sites (N-methyl/N-ethyl adjacent to an activating group) is 1. The van der Waals surface area contributed by atoms with Gasteiger partial charge in [-0.15, -0.1) is 0 Å². The third kappa shape index (κ3) is 3.56. The van der Waals surface area contributed by atoms with E-state index >= 15 is 0 Å². The Morgan fingerprint density at radius 1 is 1.35 bits per heavy atom. The molecule has 0 aromatic heterocycles. The van der Waals surface area contributed by atoms with E-state index in [9.17, 15) is 4.79 Å². The highest BCUT2D eigenvalue weighted by atomic mass is 16.2. The Hall–Kier alpha value is -1.35. The number of rotatable bonds is 4. The third-order valence-electron chi connectivity index (χ3n) is 3.32. The van der Waals surface area contributed by atoms with Gasteiger partial charge < -0.3 is 10.2 Å². The molecule has 17 heavy (non-hydrogen) atoms. The molecular formula is C14H20N2O. The molecule has 1 aliphatic heterocycles. The molecule has 92 valence electrons. The zero-order valence-electron chi connectivity index (χ0n) is 10.4. The molecule has 0 bridgehead atoms. The van der Waals surface area contributed by atoms with Crippen LogP contribution in [0.4, 0.5) is 0 Å². The minimum Gasteiger partial charge on any atom is -0.344 e. The van der Waals surface area contributed by atoms with Crippen LogP contribution in [-0.4, -0.2) is 37.0 Å². The molecule has 1 amide bonds. The van der Waals surface area contributed by atoms with Gasteiger partial charge in [-0.3, -0.25) is 4.79 Å². The summed E-state index contributed by atoms with van der Waals surface area (Å²) in [6.07, 6.45) is 2.70. The monoisotopic (exact) mass is 232 g/mol. The van der Waals surface area contributed by atoms with Gasteiger partial charge in [0.15, 0.2) is 0 Å². The summed E-state index contributed by atoms with van der Waals surface area (Å²) < 4.78 is 0. The highest BCUT2D eigenvalue weighted by molar-refractivity contribution is 5.76. The molecule has 1 unspecified atom stereocenters. The predicted molar refractivity (Wildman–Crippen MR) is 68.8 cm³/mol. The van der Waals surface area contributed by atoms with Crippen LogP contribution in [-0.2, 0) is 11.2 Å². The van der Waals surface area contributed by atoms with E-state index in [1.54, 1.807) is 0 Å². The number of carbonyl (C=O) groups excluding carboxylic acids is 1. The van der Waals surface area contributed by atoms with Crippen LogP contribution in [0.1, 0.15) is 18.4 Å². The molecule has 0 spiro atoms. The SMILES string of the molecule is CN1CC(NCCc2ccccc2)CCC1=O. The maximum Gasteiger partial charge on any atom is 0.222 e. The number of amides is 1. The van der Waals surface area contributed by atoms with E-state index in [0.717, 1.165) is 25.9 Å². The smallest absolute Gasteiger partial charge is 0.222 e. The largest absolute Gasteiger partial charge is 0.344 e. The third-order valence-corrected chi connectivity index (χ3v) is 3.32. The van der Waals surface area contributed by atoms with Gasteiger partial charge in [0.1, 0.15) is 0 Å². The van der Waals surface area contributed by atoms with Crippen LogP contribution < -0.4 is 5.32 Å². The second kappa shape index (κ2) is 5.82. The van der Waals surface area contributed by atoms with Gasteiger partial charge in [0.2, 0.25) is 5.91 Å². The fourth-order valence-electron chi connectivity index (χ4n) is 2.24. The van der Waals surface area contributed by atoms with Crippen LogP contribution in [0, 0.1) is 0 Å². The van der Waals surface area contributed by atoms with Crippen LogP contribution >= 0.6 is 0 Å². The molecule has 3 nitrogen and oxygen atoms in total. The van der Waals surface area contributed by atoms with Crippen molar-refractivity contribution < 1.29 is 4.79 Å². The molecule has 0 aliphatic carbocycles. The normalized spacial score (nSPS) is 20.6. The molecular weight excluding hydrogens is 212 g/mol. The van der Waals surface area contributed by atoms with Crippen LogP contribution in [0.3, 0.4) is 0 Å². The van der Waals surface area contributed by atoms with Gasteiger partial charge >= 0.3 is 0 Å². The Balaban J connectivity index is 1.71. The van der Waals surface area contributed by atoms with Crippen molar-refractivity contribution >= 4 is 5.91 Å². The van der Waals surface area contributed by atoms with E-state index < -0.39 is 0 Å². The lowest BCUT2D eigenvalue weighted by Crippen LogP contribution is -2.47. The van der Waals surface area contributed by atoms with Crippen molar-refractivity contribution in [2.75, 3.05) is 20.1 Å². The number of likely N-dealkylation sites (tertiary alicyclic amines) is 1. The van der Waals surface area contributed by atoms with Gasteiger partial charge in [0, 0.05) is 26.1 Å². The first-order valence-electron chi connectivity index (χ1n) is 6.27. The summed E-state index contributed by atoms with van der Waals surface area (Å²) in [6, 6.07) is 10.9. The molecule has 1 aromatic carbocycles. The molecule has 1 aromatic rings. The lowest BCUT2D eigenvalue weighted by molar-refractivity contribution is -0.132. The molecule has 1 saturated heterocycles. The summed E-state index contributed by atoms with van der Waals surface area (Å²) in [5.74, 6) is 0.270. The number of carbonyl (C=O) groups is 1. The number of hydrogen-bond donors (Lipinski definition) is 1. The molecule has 1 atom stereocenters. The summed E-state index contributed by atoms with van der Waals surface area (Å²) in [5, 5.41) is 3.53. The molecule has 3 heteroatoms. The fourth-order valence-corrected chi connectivity index (χ4v) is 2.24. The fraction of sp³-hybridized carbons (Fsp3) is 0.500. The lowest BCUT2D eigenvalue weighted by Gasteiger charge is -2.30. The minimum atomic E-state index is 0.270. The predicted octanol–water partition coefficient (Wildman–Crippen LogP) is 1.44. The van der Waals surface area contributed by atoms with Crippen molar-refractivity contribution in [1.82, 2.24) is 10.2 Å². The standard InChI is InChI=1S/C14H20N2O/c1-16-11-13(7-8-14(16)17)15-10-9-12-5-3-2-4-6-12/h2-6,13,15H,7-11H2,1H3. The van der Waals surface area contributed by atoms with E-state index in [4.69, 9.17) is 0 Å². The summed E-state index contributed by atoms with van der Waals surface area (Å²) in [5.41, 5.74) is 1.36. The Labute approximate surface area is 103 Å². The van der Waals surface area contributed by atoms with Crippen molar-refractivity contribution in [3.05, 3.63) is 35.9 Å². The van der Waals surface area contributed by atoms with Gasteiger partial charge in [-0.2, -0.15) is 0 Å². The quantitative estimate of drug-likeness (QED) is 0.852. The number of nitrogens with one attached hydrogen (secondary N) is 1. The van der Waals surface area contributed by atoms with Gasteiger partial charge in [0.25, 0.3) is 0 Å². The zero-order valence-corrected chi connectivity index (χ0v) is 10.4. The molecule has 1 fully saturated rings. The van der Waals surface area contributed by atoms with E-state index in [-0.39, 0.29) is 5.91 Å². The Bertz CT molecular complexity index is 364. The van der Waals surface area contributed by atoms with Crippen LogP contribution in [0.5, 0.6) is 0 Å². The van der Waals surface area contributed by atoms with Gasteiger partial charge in [0.05, 0.1) is 0 Å². The van der Waals surface area contributed by atoms with Crippen molar-refractivity contribution in [3.8, 4) is 0 Å². The van der Waals surface area contributed by atoms with Crippen molar-refractivity contribution in [3.63, 3.8) is 0 Å². The van der Waals surface area contributed by atoms with Gasteiger partial charge in [-0.25, -0.2) is 0 Å². The highest BCUT2D eigenvalue weighted by Crippen LogP contribution is 2.09. The number of nitrogens with zero attached hydrogens (tertiary/aromatic N) is 1. The molecule has 1 heterocycles. The van der Waals surface area contributed by atoms with Crippen molar-refractivity contribution in [2.45, 2.75) is 25.3 Å². The van der Waals surface area contributed by atoms with Crippen LogP contribution in [0.2, 0.25) is 0 Å². The molecule has 0 radical (unpaired) electrons. The average molecular weight is 232 g/mol. The highest BCUT2D eigenvalue weighted by Gasteiger charge is 2.21. The Morgan fingerprint density at radius 3 is 2.82 bits per heavy atom. The minimum absolute atomic E-state index is 0.270. The summed E-state index contributed by atoms with van der Waals surface area (Å²) in [7, 11) is 1.88. The van der Waals surface area contributed by atoms with Gasteiger partial charge in [-0.05, 0) is 24.9 Å². The van der Waals surface area contributed by atoms with Crippen LogP contribution in [0.15, 0.2) is 30.3 Å². The zero-order chi connectivity index (χ0) is 12.1. The Kier molecular flexibility index (Phi) is 4.15. The van der Waals surface area contributed by atoms with Crippen molar-refractivity contribution in [2.24, 2.45) is 0 Å². The molecule has 2 rings (SSSR count). The topological polar surface area (TPSA) is 32.3 Å². The lowest BCUT2D eigenvalue weighted by atomic mass is 10.1. The molecule has 1 aliphatic rings. The average Bonchev–Trinajstić information content (AvgIpc) is 2.35. The van der Waals surface area contributed by atoms with E-state index in [2.05, 4.69) is 29.6 Å². The van der Waals surface area contributed by atoms with E-state index in [0.29, 0.717) is 12.5 Å². The van der Waals surface area contributed by atoms with Crippen molar-refractivity contribution in [1.29, 1.82) is 0 Å². The summed E-state index contributed by atoms with van der Waals surface area (Å²) in [4.78, 5) is 13.2. The Morgan fingerprint density at radius 2 is 2.12 bits per heavy atom. The van der Waals surface area contributed by atoms with E-state index in [1.807, 2.05) is 18.0 Å². The number of benzene rings is 1. The van der Waals surface area contributed by atoms with E-state index in [1.165, 1.54) is 5.56 Å². The summed E-state index contributed by atoms with van der Waals surface area (Å²) >= 11 is 0. The summed E-state index contributed by atoms with van der Waals surface area (Å²) in [6.45, 7) is 1.82. The van der Waals surface area contributed by atoms with Crippen LogP contribution in [0.25, 0.3) is 0 Å². The number of hydrogen-bond acceptors (Lipinski definition) is 2. The first-order chi connectivity index (χ1) is 8.25. The maximum absolute atomic E-state index is 11.3. The maximum atomic E-state index is 11.3. The second-order valence-electron chi connectivity index (χ2n) is 4.70. The number of piperidine rings is 1. The first-order valence-corrected chi connectivity index (χ1v) is 6.27.